The average molecular weight is 510 g/mol. The number of nitrogens with zero attached hydrogens (tertiary/aromatic N) is 2. The predicted octanol–water partition coefficient (Wildman–Crippen LogP) is 3.99. The second-order valence-corrected chi connectivity index (χ2v) is 8.85. The van der Waals surface area contributed by atoms with Crippen molar-refractivity contribution in [1.29, 1.82) is 0 Å². The highest BCUT2D eigenvalue weighted by Crippen LogP contribution is 2.24. The fourth-order valence-corrected chi connectivity index (χ4v) is 4.23. The number of aromatic nitrogens is 1. The number of ether oxygens (including phenoxy) is 1. The number of hydrogen-bond acceptors (Lipinski definition) is 6. The molecule has 194 valence electrons. The quantitative estimate of drug-likeness (QED) is 0.402. The summed E-state index contributed by atoms with van der Waals surface area (Å²) in [7, 11) is 1.70. The SMILES string of the molecule is COC1CCN(C(=O)Cc2ccc(Nc3cc(NCc4c(F)cccc4F)c(C(N)=O)cn3)cc2)CC1. The number of rotatable bonds is 9. The zero-order valence-corrected chi connectivity index (χ0v) is 20.5. The Morgan fingerprint density at radius 3 is 2.41 bits per heavy atom. The number of anilines is 3. The number of carbonyl (C=O) groups is 2. The summed E-state index contributed by atoms with van der Waals surface area (Å²) in [5, 5.41) is 6.00. The Hall–Kier alpha value is -4.05. The first-order valence-electron chi connectivity index (χ1n) is 12.0. The third kappa shape index (κ3) is 6.59. The summed E-state index contributed by atoms with van der Waals surface area (Å²) in [6.07, 6.45) is 3.52. The van der Waals surface area contributed by atoms with Gasteiger partial charge in [0, 0.05) is 50.3 Å². The Kier molecular flexibility index (Phi) is 8.29. The number of primary amides is 1. The van der Waals surface area contributed by atoms with E-state index in [1.807, 2.05) is 29.2 Å². The molecule has 37 heavy (non-hydrogen) atoms. The number of methoxy groups -OCH3 is 1. The van der Waals surface area contributed by atoms with Crippen molar-refractivity contribution < 1.29 is 23.1 Å². The van der Waals surface area contributed by atoms with Crippen LogP contribution < -0.4 is 16.4 Å². The summed E-state index contributed by atoms with van der Waals surface area (Å²) in [5.74, 6) is -1.64. The number of carbonyl (C=O) groups excluding carboxylic acids is 2. The fraction of sp³-hybridized carbons (Fsp3) is 0.296. The maximum Gasteiger partial charge on any atom is 0.252 e. The van der Waals surface area contributed by atoms with E-state index in [2.05, 4.69) is 15.6 Å². The highest BCUT2D eigenvalue weighted by Gasteiger charge is 2.22. The minimum absolute atomic E-state index is 0.0842. The van der Waals surface area contributed by atoms with E-state index >= 15 is 0 Å². The number of benzene rings is 2. The van der Waals surface area contributed by atoms with E-state index < -0.39 is 17.5 Å². The molecule has 2 heterocycles. The fourth-order valence-electron chi connectivity index (χ4n) is 4.23. The van der Waals surface area contributed by atoms with Gasteiger partial charge in [0.15, 0.2) is 0 Å². The van der Waals surface area contributed by atoms with E-state index in [1.165, 1.54) is 12.3 Å². The first-order valence-corrected chi connectivity index (χ1v) is 12.0. The summed E-state index contributed by atoms with van der Waals surface area (Å²) < 4.78 is 33.4. The van der Waals surface area contributed by atoms with Crippen molar-refractivity contribution >= 4 is 29.0 Å². The largest absolute Gasteiger partial charge is 0.381 e. The van der Waals surface area contributed by atoms with Gasteiger partial charge in [0.25, 0.3) is 5.91 Å². The summed E-state index contributed by atoms with van der Waals surface area (Å²) in [6.45, 7) is 1.21. The number of nitrogens with two attached hydrogens (primary N) is 1. The van der Waals surface area contributed by atoms with Crippen LogP contribution in [0.2, 0.25) is 0 Å². The number of pyridine rings is 1. The average Bonchev–Trinajstić information content (AvgIpc) is 2.89. The van der Waals surface area contributed by atoms with Gasteiger partial charge in [-0.05, 0) is 42.7 Å². The monoisotopic (exact) mass is 509 g/mol. The molecular formula is C27H29F2N5O3. The summed E-state index contributed by atoms with van der Waals surface area (Å²) in [6, 6.07) is 12.5. The molecule has 0 radical (unpaired) electrons. The molecule has 1 saturated heterocycles. The van der Waals surface area contributed by atoms with Crippen molar-refractivity contribution in [2.24, 2.45) is 5.73 Å². The third-order valence-corrected chi connectivity index (χ3v) is 6.40. The van der Waals surface area contributed by atoms with Gasteiger partial charge in [-0.2, -0.15) is 0 Å². The lowest BCUT2D eigenvalue weighted by molar-refractivity contribution is -0.132. The molecule has 3 aromatic rings. The molecular weight excluding hydrogens is 480 g/mol. The van der Waals surface area contributed by atoms with Crippen molar-refractivity contribution in [3.63, 3.8) is 0 Å². The lowest BCUT2D eigenvalue weighted by Gasteiger charge is -2.31. The Bertz CT molecular complexity index is 1240. The topological polar surface area (TPSA) is 110 Å². The van der Waals surface area contributed by atoms with Gasteiger partial charge in [-0.25, -0.2) is 13.8 Å². The van der Waals surface area contributed by atoms with Crippen LogP contribution in [0, 0.1) is 11.6 Å². The molecule has 1 fully saturated rings. The van der Waals surface area contributed by atoms with Gasteiger partial charge in [0.2, 0.25) is 5.91 Å². The lowest BCUT2D eigenvalue weighted by Crippen LogP contribution is -2.41. The normalized spacial score (nSPS) is 13.9. The maximum atomic E-state index is 14.0. The molecule has 4 rings (SSSR count). The molecule has 0 spiro atoms. The van der Waals surface area contributed by atoms with Crippen LogP contribution in [0.4, 0.5) is 26.0 Å². The third-order valence-electron chi connectivity index (χ3n) is 6.40. The molecule has 2 aromatic carbocycles. The molecule has 0 saturated carbocycles. The standard InChI is InChI=1S/C27H29F2N5O3/c1-37-19-9-11-34(12-10-19)26(35)13-17-5-7-18(8-6-17)33-25-14-24(21(16-32-25)27(30)36)31-15-20-22(28)3-2-4-23(20)29/h2-8,14,16,19H,9-13,15H2,1H3,(H2,30,36)(H2,31,32,33). The first-order chi connectivity index (χ1) is 17.8. The Balaban J connectivity index is 1.40. The Morgan fingerprint density at radius 1 is 1.11 bits per heavy atom. The van der Waals surface area contributed by atoms with Crippen LogP contribution in [0.3, 0.4) is 0 Å². The number of likely N-dealkylation sites (tertiary alicyclic amines) is 1. The zero-order valence-electron chi connectivity index (χ0n) is 20.5. The minimum atomic E-state index is -0.726. The van der Waals surface area contributed by atoms with Crippen LogP contribution in [0.5, 0.6) is 0 Å². The number of amides is 2. The van der Waals surface area contributed by atoms with Crippen LogP contribution in [-0.4, -0.2) is 48.0 Å². The second kappa shape index (κ2) is 11.8. The van der Waals surface area contributed by atoms with E-state index in [0.717, 1.165) is 30.5 Å². The maximum absolute atomic E-state index is 14.0. The molecule has 4 N–H and O–H groups in total. The summed E-state index contributed by atoms with van der Waals surface area (Å²) >= 11 is 0. The van der Waals surface area contributed by atoms with Crippen LogP contribution >= 0.6 is 0 Å². The van der Waals surface area contributed by atoms with E-state index in [-0.39, 0.29) is 35.4 Å². The molecule has 0 bridgehead atoms. The van der Waals surface area contributed by atoms with Gasteiger partial charge >= 0.3 is 0 Å². The van der Waals surface area contributed by atoms with E-state index in [0.29, 0.717) is 31.0 Å². The van der Waals surface area contributed by atoms with Gasteiger partial charge in [-0.3, -0.25) is 9.59 Å². The lowest BCUT2D eigenvalue weighted by atomic mass is 10.1. The van der Waals surface area contributed by atoms with Crippen molar-refractivity contribution in [2.75, 3.05) is 30.8 Å². The van der Waals surface area contributed by atoms with Crippen LogP contribution in [0.15, 0.2) is 54.7 Å². The first kappa shape index (κ1) is 26.0. The van der Waals surface area contributed by atoms with Crippen molar-refractivity contribution in [3.05, 3.63) is 83.1 Å². The Labute approximate surface area is 213 Å². The van der Waals surface area contributed by atoms with Crippen molar-refractivity contribution in [3.8, 4) is 0 Å². The van der Waals surface area contributed by atoms with Gasteiger partial charge < -0.3 is 26.0 Å². The summed E-state index contributed by atoms with van der Waals surface area (Å²) in [5.41, 5.74) is 7.26. The number of piperidine rings is 1. The van der Waals surface area contributed by atoms with Gasteiger partial charge in [-0.1, -0.05) is 18.2 Å². The number of nitrogens with one attached hydrogen (secondary N) is 2. The molecule has 0 unspecified atom stereocenters. The van der Waals surface area contributed by atoms with Crippen molar-refractivity contribution in [2.45, 2.75) is 31.9 Å². The molecule has 10 heteroatoms. The van der Waals surface area contributed by atoms with Crippen LogP contribution in [-0.2, 0) is 22.5 Å². The smallest absolute Gasteiger partial charge is 0.252 e. The highest BCUT2D eigenvalue weighted by molar-refractivity contribution is 5.98. The van der Waals surface area contributed by atoms with Crippen molar-refractivity contribution in [1.82, 2.24) is 9.88 Å². The zero-order chi connectivity index (χ0) is 26.4. The summed E-state index contributed by atoms with van der Waals surface area (Å²) in [4.78, 5) is 30.6. The molecule has 1 aliphatic rings. The minimum Gasteiger partial charge on any atom is -0.381 e. The van der Waals surface area contributed by atoms with E-state index in [4.69, 9.17) is 10.5 Å². The molecule has 0 aliphatic carbocycles. The highest BCUT2D eigenvalue weighted by atomic mass is 19.1. The molecule has 0 atom stereocenters. The van der Waals surface area contributed by atoms with Gasteiger partial charge in [0.05, 0.1) is 23.8 Å². The molecule has 2 amide bonds. The van der Waals surface area contributed by atoms with Crippen LogP contribution in [0.25, 0.3) is 0 Å². The Morgan fingerprint density at radius 2 is 1.78 bits per heavy atom. The van der Waals surface area contributed by atoms with E-state index in [9.17, 15) is 18.4 Å². The molecule has 1 aromatic heterocycles. The van der Waals surface area contributed by atoms with Gasteiger partial charge in [0.1, 0.15) is 17.5 Å². The van der Waals surface area contributed by atoms with Gasteiger partial charge in [-0.15, -0.1) is 0 Å². The number of halogens is 2. The van der Waals surface area contributed by atoms with Crippen LogP contribution in [0.1, 0.15) is 34.3 Å². The van der Waals surface area contributed by atoms with E-state index in [1.54, 1.807) is 13.2 Å². The molecule has 8 nitrogen and oxygen atoms in total. The second-order valence-electron chi connectivity index (χ2n) is 8.85. The molecule has 1 aliphatic heterocycles. The predicted molar refractivity (Wildman–Crippen MR) is 136 cm³/mol. The number of hydrogen-bond donors (Lipinski definition) is 3.